The summed E-state index contributed by atoms with van der Waals surface area (Å²) in [5.74, 6) is 1.29. The lowest BCUT2D eigenvalue weighted by molar-refractivity contribution is -0.109. The molecule has 4 rings (SSSR count). The normalized spacial score (nSPS) is 15.2. The first-order valence-electron chi connectivity index (χ1n) is 8.93. The van der Waals surface area contributed by atoms with Crippen LogP contribution in [0, 0.1) is 5.92 Å². The van der Waals surface area contributed by atoms with E-state index in [4.69, 9.17) is 4.98 Å². The van der Waals surface area contributed by atoms with Crippen LogP contribution >= 0.6 is 0 Å². The van der Waals surface area contributed by atoms with Gasteiger partial charge in [0.05, 0.1) is 11.2 Å². The first kappa shape index (κ1) is 16.4. The van der Waals surface area contributed by atoms with Gasteiger partial charge in [-0.2, -0.15) is 0 Å². The maximum Gasteiger partial charge on any atom is 0.225 e. The second-order valence-electron chi connectivity index (χ2n) is 6.62. The maximum absolute atomic E-state index is 10.4. The monoisotopic (exact) mass is 347 g/mol. The molecule has 6 nitrogen and oxygen atoms in total. The van der Waals surface area contributed by atoms with Gasteiger partial charge in [-0.25, -0.2) is 9.97 Å². The van der Waals surface area contributed by atoms with Crippen LogP contribution < -0.4 is 10.2 Å². The molecule has 1 fully saturated rings. The predicted octanol–water partition coefficient (Wildman–Crippen LogP) is 2.65. The molecule has 3 aromatic rings. The molecule has 6 heteroatoms. The first-order valence-corrected chi connectivity index (χ1v) is 8.93. The van der Waals surface area contributed by atoms with Crippen LogP contribution in [0.3, 0.4) is 0 Å². The van der Waals surface area contributed by atoms with Gasteiger partial charge in [-0.05, 0) is 37.0 Å². The van der Waals surface area contributed by atoms with Crippen LogP contribution in [0.4, 0.5) is 5.95 Å². The average molecular weight is 347 g/mol. The molecular weight excluding hydrogens is 326 g/mol. The van der Waals surface area contributed by atoms with Crippen molar-refractivity contribution in [2.24, 2.45) is 5.92 Å². The van der Waals surface area contributed by atoms with Crippen molar-refractivity contribution in [1.82, 2.24) is 20.3 Å². The highest BCUT2D eigenvalue weighted by molar-refractivity contribution is 5.82. The fourth-order valence-electron chi connectivity index (χ4n) is 3.42. The average Bonchev–Trinajstić information content (AvgIpc) is 2.72. The van der Waals surface area contributed by atoms with Gasteiger partial charge in [-0.3, -0.25) is 9.78 Å². The summed E-state index contributed by atoms with van der Waals surface area (Å²) in [6.07, 6.45) is 6.52. The minimum absolute atomic E-state index is 0.532. The molecule has 1 aliphatic rings. The summed E-state index contributed by atoms with van der Waals surface area (Å²) in [4.78, 5) is 26.4. The van der Waals surface area contributed by atoms with E-state index in [1.165, 1.54) is 0 Å². The van der Waals surface area contributed by atoms with Gasteiger partial charge in [-0.1, -0.05) is 18.2 Å². The van der Waals surface area contributed by atoms with E-state index in [9.17, 15) is 4.79 Å². The fourth-order valence-corrected chi connectivity index (χ4v) is 3.42. The number of amides is 1. The van der Waals surface area contributed by atoms with E-state index in [-0.39, 0.29) is 0 Å². The van der Waals surface area contributed by atoms with Crippen LogP contribution in [0.1, 0.15) is 12.8 Å². The lowest BCUT2D eigenvalue weighted by Gasteiger charge is -2.31. The van der Waals surface area contributed by atoms with Gasteiger partial charge in [0.2, 0.25) is 12.4 Å². The van der Waals surface area contributed by atoms with E-state index in [1.54, 1.807) is 0 Å². The summed E-state index contributed by atoms with van der Waals surface area (Å²) in [6.45, 7) is 2.57. The molecule has 1 aromatic carbocycles. The third-order valence-corrected chi connectivity index (χ3v) is 4.92. The Morgan fingerprint density at radius 3 is 2.85 bits per heavy atom. The second kappa shape index (κ2) is 7.47. The molecule has 1 aliphatic heterocycles. The number of piperidine rings is 1. The number of rotatable bonds is 5. The number of nitrogens with one attached hydrogen (secondary N) is 1. The lowest BCUT2D eigenvalue weighted by Crippen LogP contribution is -2.38. The quantitative estimate of drug-likeness (QED) is 0.719. The molecule has 1 N–H and O–H groups in total. The van der Waals surface area contributed by atoms with Crippen molar-refractivity contribution in [3.8, 4) is 11.3 Å². The van der Waals surface area contributed by atoms with Crippen LogP contribution in [-0.2, 0) is 4.79 Å². The number of para-hydroxylation sites is 1. The van der Waals surface area contributed by atoms with Crippen LogP contribution in [0.25, 0.3) is 22.2 Å². The van der Waals surface area contributed by atoms with Crippen LogP contribution in [0.5, 0.6) is 0 Å². The fraction of sp³-hybridized carbons (Fsp3) is 0.300. The highest BCUT2D eigenvalue weighted by Crippen LogP contribution is 2.24. The SMILES string of the molecule is O=CNCC1CCN(c2nccc(-c3cnc4ccccc4c3)n2)CC1. The molecular formula is C20H21N5O. The first-order chi connectivity index (χ1) is 12.8. The molecule has 26 heavy (non-hydrogen) atoms. The molecule has 0 saturated carbocycles. The minimum Gasteiger partial charge on any atom is -0.358 e. The molecule has 0 aliphatic carbocycles. The van der Waals surface area contributed by atoms with Gasteiger partial charge in [0.15, 0.2) is 0 Å². The Morgan fingerprint density at radius 2 is 2.00 bits per heavy atom. The van der Waals surface area contributed by atoms with Crippen molar-refractivity contribution >= 4 is 23.3 Å². The zero-order valence-corrected chi connectivity index (χ0v) is 14.5. The number of hydrogen-bond acceptors (Lipinski definition) is 5. The number of pyridine rings is 1. The summed E-state index contributed by atoms with van der Waals surface area (Å²) in [7, 11) is 0. The highest BCUT2D eigenvalue weighted by Gasteiger charge is 2.21. The lowest BCUT2D eigenvalue weighted by atomic mass is 9.97. The van der Waals surface area contributed by atoms with E-state index in [2.05, 4.69) is 32.3 Å². The molecule has 1 amide bonds. The van der Waals surface area contributed by atoms with Crippen molar-refractivity contribution in [2.45, 2.75) is 12.8 Å². The largest absolute Gasteiger partial charge is 0.358 e. The smallest absolute Gasteiger partial charge is 0.225 e. The number of nitrogens with zero attached hydrogens (tertiary/aromatic N) is 4. The van der Waals surface area contributed by atoms with Crippen LogP contribution in [-0.4, -0.2) is 41.0 Å². The van der Waals surface area contributed by atoms with Gasteiger partial charge in [-0.15, -0.1) is 0 Å². The second-order valence-corrected chi connectivity index (χ2v) is 6.62. The molecule has 0 unspecified atom stereocenters. The van der Waals surface area contributed by atoms with Crippen molar-refractivity contribution in [3.63, 3.8) is 0 Å². The minimum atomic E-state index is 0.532. The number of anilines is 1. The summed E-state index contributed by atoms with van der Waals surface area (Å²) in [5, 5.41) is 3.89. The predicted molar refractivity (Wildman–Crippen MR) is 102 cm³/mol. The molecule has 132 valence electrons. The van der Waals surface area contributed by atoms with Gasteiger partial charge in [0.1, 0.15) is 0 Å². The van der Waals surface area contributed by atoms with Crippen molar-refractivity contribution in [3.05, 3.63) is 48.8 Å². The Bertz CT molecular complexity index is 905. The van der Waals surface area contributed by atoms with Gasteiger partial charge >= 0.3 is 0 Å². The molecule has 2 aromatic heterocycles. The zero-order chi connectivity index (χ0) is 17.8. The Balaban J connectivity index is 1.52. The molecule has 0 radical (unpaired) electrons. The van der Waals surface area contributed by atoms with Crippen LogP contribution in [0.2, 0.25) is 0 Å². The summed E-state index contributed by atoms with van der Waals surface area (Å²) in [5.41, 5.74) is 2.87. The maximum atomic E-state index is 10.4. The van der Waals surface area contributed by atoms with E-state index in [1.807, 2.05) is 36.7 Å². The standard InChI is InChI=1S/C20H21N5O/c26-14-21-12-15-6-9-25(10-7-15)20-22-8-5-19(24-20)17-11-16-3-1-2-4-18(16)23-13-17/h1-5,8,11,13-15H,6-7,9-10,12H2,(H,21,26). The summed E-state index contributed by atoms with van der Waals surface area (Å²) < 4.78 is 0. The van der Waals surface area contributed by atoms with Gasteiger partial charge < -0.3 is 10.2 Å². The third kappa shape index (κ3) is 3.49. The molecule has 0 bridgehead atoms. The highest BCUT2D eigenvalue weighted by atomic mass is 16.1. The summed E-state index contributed by atoms with van der Waals surface area (Å²) >= 11 is 0. The molecule has 0 atom stereocenters. The zero-order valence-electron chi connectivity index (χ0n) is 14.5. The number of fused-ring (bicyclic) bond motifs is 1. The van der Waals surface area contributed by atoms with Crippen molar-refractivity contribution in [1.29, 1.82) is 0 Å². The number of hydrogen-bond donors (Lipinski definition) is 1. The number of carbonyl (C=O) groups is 1. The van der Waals surface area contributed by atoms with E-state index < -0.39 is 0 Å². The number of carbonyl (C=O) groups excluding carboxylic acids is 1. The molecule has 3 heterocycles. The third-order valence-electron chi connectivity index (χ3n) is 4.92. The Hall–Kier alpha value is -3.02. The molecule has 1 saturated heterocycles. The van der Waals surface area contributed by atoms with E-state index in [0.717, 1.165) is 67.0 Å². The Morgan fingerprint density at radius 1 is 1.15 bits per heavy atom. The number of benzene rings is 1. The van der Waals surface area contributed by atoms with Crippen LogP contribution in [0.15, 0.2) is 48.8 Å². The van der Waals surface area contributed by atoms with Crippen molar-refractivity contribution in [2.75, 3.05) is 24.5 Å². The van der Waals surface area contributed by atoms with E-state index in [0.29, 0.717) is 5.92 Å². The Kier molecular flexibility index (Phi) is 4.73. The number of aromatic nitrogens is 3. The molecule has 0 spiro atoms. The topological polar surface area (TPSA) is 71.0 Å². The van der Waals surface area contributed by atoms with Crippen molar-refractivity contribution < 1.29 is 4.79 Å². The van der Waals surface area contributed by atoms with E-state index >= 15 is 0 Å². The summed E-state index contributed by atoms with van der Waals surface area (Å²) in [6, 6.07) is 12.1. The van der Waals surface area contributed by atoms with Gasteiger partial charge in [0.25, 0.3) is 0 Å². The Labute approximate surface area is 152 Å². The van der Waals surface area contributed by atoms with Gasteiger partial charge in [0, 0.05) is 43.0 Å².